The second-order valence-electron chi connectivity index (χ2n) is 4.69. The molecule has 1 atom stereocenters. The van der Waals surface area contributed by atoms with Crippen LogP contribution in [0.4, 0.5) is 4.39 Å². The maximum Gasteiger partial charge on any atom is 0.123 e. The largest absolute Gasteiger partial charge is 0.309 e. The molecule has 0 heterocycles. The van der Waals surface area contributed by atoms with Gasteiger partial charge in [0.2, 0.25) is 0 Å². The quantitative estimate of drug-likeness (QED) is 0.865. The fraction of sp³-hybridized carbons (Fsp3) is 0.250. The van der Waals surface area contributed by atoms with Gasteiger partial charge >= 0.3 is 0 Å². The van der Waals surface area contributed by atoms with Crippen molar-refractivity contribution in [3.8, 4) is 0 Å². The maximum atomic E-state index is 13.0. The van der Waals surface area contributed by atoms with Crippen LogP contribution in [0.3, 0.4) is 0 Å². The number of benzene rings is 2. The van der Waals surface area contributed by atoms with E-state index in [0.717, 1.165) is 5.56 Å². The van der Waals surface area contributed by atoms with E-state index in [0.29, 0.717) is 0 Å². The molecule has 2 aromatic rings. The van der Waals surface area contributed by atoms with Crippen molar-refractivity contribution in [1.29, 1.82) is 0 Å². The Hall–Kier alpha value is -1.67. The van der Waals surface area contributed by atoms with Crippen molar-refractivity contribution < 1.29 is 4.39 Å². The lowest BCUT2D eigenvalue weighted by atomic mass is 9.96. The highest BCUT2D eigenvalue weighted by Gasteiger charge is 2.12. The van der Waals surface area contributed by atoms with Gasteiger partial charge in [0.15, 0.2) is 0 Å². The van der Waals surface area contributed by atoms with E-state index < -0.39 is 0 Å². The van der Waals surface area contributed by atoms with Gasteiger partial charge in [-0.1, -0.05) is 41.5 Å². The van der Waals surface area contributed by atoms with E-state index in [1.165, 1.54) is 28.8 Å². The third-order valence-corrected chi connectivity index (χ3v) is 3.07. The zero-order chi connectivity index (χ0) is 13.1. The summed E-state index contributed by atoms with van der Waals surface area (Å²) in [5, 5.41) is 3.29. The summed E-state index contributed by atoms with van der Waals surface area (Å²) in [5.74, 6) is -0.200. The molecule has 94 valence electrons. The molecule has 0 bridgehead atoms. The molecule has 0 spiro atoms. The molecular formula is C16H18FN. The molecular weight excluding hydrogens is 225 g/mol. The van der Waals surface area contributed by atoms with E-state index in [4.69, 9.17) is 0 Å². The molecule has 1 N–H and O–H groups in total. The summed E-state index contributed by atoms with van der Waals surface area (Å²) in [7, 11) is 1.92. The molecule has 0 fully saturated rings. The zero-order valence-electron chi connectivity index (χ0n) is 11.0. The standard InChI is InChI=1S/C16H18FN/c1-11-8-12(2)10-14(9-11)16(18-3)13-4-6-15(17)7-5-13/h4-10,16,18H,1-3H3. The van der Waals surface area contributed by atoms with Crippen LogP contribution >= 0.6 is 0 Å². The molecule has 1 nitrogen and oxygen atoms in total. The second-order valence-corrected chi connectivity index (χ2v) is 4.69. The Morgan fingerprint density at radius 1 is 0.889 bits per heavy atom. The van der Waals surface area contributed by atoms with Gasteiger partial charge in [0.25, 0.3) is 0 Å². The van der Waals surface area contributed by atoms with Gasteiger partial charge in [0.05, 0.1) is 6.04 Å². The summed E-state index contributed by atoms with van der Waals surface area (Å²) in [6, 6.07) is 13.2. The Morgan fingerprint density at radius 3 is 1.94 bits per heavy atom. The summed E-state index contributed by atoms with van der Waals surface area (Å²) in [5.41, 5.74) is 4.77. The fourth-order valence-electron chi connectivity index (χ4n) is 2.36. The van der Waals surface area contributed by atoms with Gasteiger partial charge in [-0.2, -0.15) is 0 Å². The molecule has 2 rings (SSSR count). The van der Waals surface area contributed by atoms with Crippen molar-refractivity contribution in [2.24, 2.45) is 0 Å². The first-order valence-corrected chi connectivity index (χ1v) is 6.11. The number of hydrogen-bond donors (Lipinski definition) is 1. The Morgan fingerprint density at radius 2 is 1.44 bits per heavy atom. The molecule has 1 unspecified atom stereocenters. The van der Waals surface area contributed by atoms with E-state index in [-0.39, 0.29) is 11.9 Å². The lowest BCUT2D eigenvalue weighted by molar-refractivity contribution is 0.623. The fourth-order valence-corrected chi connectivity index (χ4v) is 2.36. The molecule has 2 heteroatoms. The Bertz CT molecular complexity index is 511. The van der Waals surface area contributed by atoms with Crippen LogP contribution < -0.4 is 5.32 Å². The molecule has 0 saturated carbocycles. The first-order chi connectivity index (χ1) is 8.60. The zero-order valence-corrected chi connectivity index (χ0v) is 11.0. The minimum absolute atomic E-state index is 0.101. The van der Waals surface area contributed by atoms with E-state index in [1.54, 1.807) is 0 Å². The van der Waals surface area contributed by atoms with Crippen molar-refractivity contribution in [1.82, 2.24) is 5.32 Å². The molecule has 0 aromatic heterocycles. The van der Waals surface area contributed by atoms with Crippen LogP contribution in [0.1, 0.15) is 28.3 Å². The average Bonchev–Trinajstić information content (AvgIpc) is 2.31. The van der Waals surface area contributed by atoms with Gasteiger partial charge < -0.3 is 5.32 Å². The molecule has 18 heavy (non-hydrogen) atoms. The third kappa shape index (κ3) is 2.77. The van der Waals surface area contributed by atoms with Gasteiger partial charge in [0.1, 0.15) is 5.82 Å². The molecule has 0 saturated heterocycles. The summed E-state index contributed by atoms with van der Waals surface area (Å²) >= 11 is 0. The number of aryl methyl sites for hydroxylation is 2. The van der Waals surface area contributed by atoms with Crippen molar-refractivity contribution in [2.75, 3.05) is 7.05 Å². The van der Waals surface area contributed by atoms with Crippen molar-refractivity contribution >= 4 is 0 Å². The number of rotatable bonds is 3. The minimum Gasteiger partial charge on any atom is -0.309 e. The molecule has 0 radical (unpaired) electrons. The minimum atomic E-state index is -0.200. The lowest BCUT2D eigenvalue weighted by Gasteiger charge is -2.18. The molecule has 0 aliphatic rings. The Labute approximate surface area is 108 Å². The van der Waals surface area contributed by atoms with Crippen LogP contribution in [0.5, 0.6) is 0 Å². The predicted octanol–water partition coefficient (Wildman–Crippen LogP) is 3.75. The summed E-state index contributed by atoms with van der Waals surface area (Å²) in [6.45, 7) is 4.18. The highest BCUT2D eigenvalue weighted by atomic mass is 19.1. The van der Waals surface area contributed by atoms with Crippen LogP contribution in [-0.2, 0) is 0 Å². The van der Waals surface area contributed by atoms with Gasteiger partial charge in [-0.15, -0.1) is 0 Å². The van der Waals surface area contributed by atoms with Gasteiger partial charge in [-0.25, -0.2) is 4.39 Å². The van der Waals surface area contributed by atoms with Crippen LogP contribution in [0.2, 0.25) is 0 Å². The smallest absolute Gasteiger partial charge is 0.123 e. The van der Waals surface area contributed by atoms with Crippen LogP contribution in [0.15, 0.2) is 42.5 Å². The number of nitrogens with one attached hydrogen (secondary N) is 1. The van der Waals surface area contributed by atoms with Crippen LogP contribution in [-0.4, -0.2) is 7.05 Å². The molecule has 2 aromatic carbocycles. The van der Waals surface area contributed by atoms with Crippen molar-refractivity contribution in [3.05, 3.63) is 70.5 Å². The topological polar surface area (TPSA) is 12.0 Å². The average molecular weight is 243 g/mol. The Kier molecular flexibility index (Phi) is 3.78. The van der Waals surface area contributed by atoms with E-state index >= 15 is 0 Å². The van der Waals surface area contributed by atoms with Gasteiger partial charge in [-0.05, 0) is 44.2 Å². The molecule has 0 aliphatic heterocycles. The van der Waals surface area contributed by atoms with Crippen molar-refractivity contribution in [3.63, 3.8) is 0 Å². The first kappa shape index (κ1) is 12.8. The van der Waals surface area contributed by atoms with Crippen molar-refractivity contribution in [2.45, 2.75) is 19.9 Å². The molecule has 0 amide bonds. The summed E-state index contributed by atoms with van der Waals surface area (Å²) < 4.78 is 13.0. The maximum absolute atomic E-state index is 13.0. The van der Waals surface area contributed by atoms with E-state index in [1.807, 2.05) is 19.2 Å². The SMILES string of the molecule is CNC(c1ccc(F)cc1)c1cc(C)cc(C)c1. The van der Waals surface area contributed by atoms with Crippen LogP contribution in [0.25, 0.3) is 0 Å². The third-order valence-electron chi connectivity index (χ3n) is 3.07. The highest BCUT2D eigenvalue weighted by molar-refractivity contribution is 5.36. The second kappa shape index (κ2) is 5.32. The van der Waals surface area contributed by atoms with E-state index in [9.17, 15) is 4.39 Å². The normalized spacial score (nSPS) is 12.4. The Balaban J connectivity index is 2.41. The number of halogens is 1. The lowest BCUT2D eigenvalue weighted by Crippen LogP contribution is -2.17. The monoisotopic (exact) mass is 243 g/mol. The molecule has 0 aliphatic carbocycles. The van der Waals surface area contributed by atoms with E-state index in [2.05, 4.69) is 37.4 Å². The van der Waals surface area contributed by atoms with Gasteiger partial charge in [-0.3, -0.25) is 0 Å². The highest BCUT2D eigenvalue weighted by Crippen LogP contribution is 2.23. The van der Waals surface area contributed by atoms with Crippen LogP contribution in [0, 0.1) is 19.7 Å². The first-order valence-electron chi connectivity index (χ1n) is 6.11. The summed E-state index contributed by atoms with van der Waals surface area (Å²) in [6.07, 6.45) is 0. The number of hydrogen-bond acceptors (Lipinski definition) is 1. The summed E-state index contributed by atoms with van der Waals surface area (Å²) in [4.78, 5) is 0. The predicted molar refractivity (Wildman–Crippen MR) is 73.2 cm³/mol. The van der Waals surface area contributed by atoms with Gasteiger partial charge in [0, 0.05) is 0 Å².